The molecule has 1 aliphatic rings. The molecule has 0 aromatic heterocycles. The fraction of sp³-hybridized carbons (Fsp3) is 0.238. The summed E-state index contributed by atoms with van der Waals surface area (Å²) in [5, 5.41) is 9.19. The number of nitriles is 1. The van der Waals surface area contributed by atoms with E-state index in [9.17, 15) is 10.1 Å². The van der Waals surface area contributed by atoms with Gasteiger partial charge in [-0.25, -0.2) is 14.6 Å². The highest BCUT2D eigenvalue weighted by Gasteiger charge is 2.27. The minimum atomic E-state index is -0.525. The lowest BCUT2D eigenvalue weighted by Gasteiger charge is -2.25. The molecule has 2 aromatic carbocycles. The molecule has 26 heavy (non-hydrogen) atoms. The van der Waals surface area contributed by atoms with Crippen LogP contribution in [0.25, 0.3) is 0 Å². The van der Waals surface area contributed by atoms with E-state index in [2.05, 4.69) is 6.58 Å². The van der Waals surface area contributed by atoms with Crippen LogP contribution in [0, 0.1) is 11.3 Å². The lowest BCUT2D eigenvalue weighted by atomic mass is 9.92. The van der Waals surface area contributed by atoms with E-state index in [0.29, 0.717) is 24.2 Å². The molecular formula is C21H19NO4. The van der Waals surface area contributed by atoms with Crippen LogP contribution in [0.3, 0.4) is 0 Å². The number of hydrogen-bond donors (Lipinski definition) is 0. The van der Waals surface area contributed by atoms with Gasteiger partial charge in [-0.2, -0.15) is 5.26 Å². The molecule has 1 heterocycles. The molecule has 1 aliphatic heterocycles. The third-order valence-corrected chi connectivity index (χ3v) is 4.19. The largest absolute Gasteiger partial charge is 0.422 e. The summed E-state index contributed by atoms with van der Waals surface area (Å²) in [6.45, 7) is 4.32. The molecule has 0 bridgehead atoms. The second kappa shape index (κ2) is 8.43. The number of para-hydroxylation sites is 1. The van der Waals surface area contributed by atoms with E-state index in [0.717, 1.165) is 24.0 Å². The summed E-state index contributed by atoms with van der Waals surface area (Å²) in [6, 6.07) is 14.1. The number of carbonyl (C=O) groups is 1. The van der Waals surface area contributed by atoms with Crippen molar-refractivity contribution in [3.63, 3.8) is 0 Å². The van der Waals surface area contributed by atoms with E-state index in [1.54, 1.807) is 42.5 Å². The lowest BCUT2D eigenvalue weighted by Crippen LogP contribution is -2.20. The second-order valence-corrected chi connectivity index (χ2v) is 5.92. The quantitative estimate of drug-likeness (QED) is 0.349. The first-order valence-corrected chi connectivity index (χ1v) is 8.47. The molecule has 0 saturated carbocycles. The predicted molar refractivity (Wildman–Crippen MR) is 95.5 cm³/mol. The maximum Gasteiger partial charge on any atom is 0.343 e. The third-order valence-electron chi connectivity index (χ3n) is 4.19. The molecule has 1 fully saturated rings. The Kier molecular flexibility index (Phi) is 5.80. The third kappa shape index (κ3) is 3.83. The van der Waals surface area contributed by atoms with E-state index in [-0.39, 0.29) is 11.9 Å². The van der Waals surface area contributed by atoms with Crippen molar-refractivity contribution < 1.29 is 19.3 Å². The molecule has 3 rings (SSSR count). The lowest BCUT2D eigenvalue weighted by molar-refractivity contribution is -0.348. The molecule has 1 unspecified atom stereocenters. The number of carbonyl (C=O) groups excluding carboxylic acids is 1. The van der Waals surface area contributed by atoms with Crippen LogP contribution >= 0.6 is 0 Å². The summed E-state index contributed by atoms with van der Waals surface area (Å²) in [5.74, 6) is -0.288. The van der Waals surface area contributed by atoms with Crippen LogP contribution in [0.4, 0.5) is 0 Å². The fourth-order valence-electron chi connectivity index (χ4n) is 3.01. The monoisotopic (exact) mass is 349 g/mol. The highest BCUT2D eigenvalue weighted by Crippen LogP contribution is 2.33. The Morgan fingerprint density at radius 2 is 2.15 bits per heavy atom. The van der Waals surface area contributed by atoms with Crippen LogP contribution in [-0.4, -0.2) is 12.6 Å². The smallest absolute Gasteiger partial charge is 0.343 e. The van der Waals surface area contributed by atoms with Crippen molar-refractivity contribution >= 4 is 5.97 Å². The number of allylic oxidation sites excluding steroid dienone is 1. The van der Waals surface area contributed by atoms with Crippen molar-refractivity contribution in [2.45, 2.75) is 25.4 Å². The first-order chi connectivity index (χ1) is 12.7. The molecule has 1 atom stereocenters. The topological polar surface area (TPSA) is 68.6 Å². The van der Waals surface area contributed by atoms with Gasteiger partial charge in [0.15, 0.2) is 0 Å². The average Bonchev–Trinajstić information content (AvgIpc) is 2.69. The van der Waals surface area contributed by atoms with Gasteiger partial charge in [-0.1, -0.05) is 30.3 Å². The van der Waals surface area contributed by atoms with Gasteiger partial charge in [0, 0.05) is 5.56 Å². The van der Waals surface area contributed by atoms with Gasteiger partial charge < -0.3 is 4.74 Å². The Balaban J connectivity index is 1.97. The Morgan fingerprint density at radius 3 is 2.88 bits per heavy atom. The summed E-state index contributed by atoms with van der Waals surface area (Å²) in [5.41, 5.74) is 2.42. The van der Waals surface area contributed by atoms with Gasteiger partial charge in [0.25, 0.3) is 0 Å². The Bertz CT molecular complexity index is 847. The minimum absolute atomic E-state index is 0.237. The minimum Gasteiger partial charge on any atom is -0.422 e. The van der Waals surface area contributed by atoms with E-state index in [1.165, 1.54) is 0 Å². The summed E-state index contributed by atoms with van der Waals surface area (Å²) in [7, 11) is 0. The molecule has 0 spiro atoms. The summed E-state index contributed by atoms with van der Waals surface area (Å²) in [4.78, 5) is 23.4. The number of esters is 1. The second-order valence-electron chi connectivity index (χ2n) is 5.92. The zero-order valence-electron chi connectivity index (χ0n) is 14.3. The normalized spacial score (nSPS) is 16.5. The average molecular weight is 349 g/mol. The van der Waals surface area contributed by atoms with E-state index >= 15 is 0 Å². The molecule has 1 saturated heterocycles. The van der Waals surface area contributed by atoms with Gasteiger partial charge in [0.1, 0.15) is 17.9 Å². The molecule has 0 N–H and O–H groups in total. The molecule has 0 amide bonds. The maximum atomic E-state index is 12.8. The van der Waals surface area contributed by atoms with Gasteiger partial charge in [-0.15, -0.1) is 6.58 Å². The van der Waals surface area contributed by atoms with Gasteiger partial charge >= 0.3 is 5.97 Å². The van der Waals surface area contributed by atoms with Crippen molar-refractivity contribution in [3.8, 4) is 11.8 Å². The summed E-state index contributed by atoms with van der Waals surface area (Å²) >= 11 is 0. The SMILES string of the molecule is C=CCc1cccc(C(=O)Oc2ccccc2C#N)c1C1CCCOO1. The van der Waals surface area contributed by atoms with E-state index in [1.807, 2.05) is 12.1 Å². The highest BCUT2D eigenvalue weighted by molar-refractivity contribution is 5.93. The zero-order valence-corrected chi connectivity index (χ0v) is 14.3. The summed E-state index contributed by atoms with van der Waals surface area (Å²) in [6.07, 6.45) is 3.64. The van der Waals surface area contributed by atoms with Gasteiger partial charge in [-0.3, -0.25) is 0 Å². The maximum absolute atomic E-state index is 12.8. The number of hydrogen-bond acceptors (Lipinski definition) is 5. The van der Waals surface area contributed by atoms with Crippen LogP contribution in [-0.2, 0) is 16.2 Å². The van der Waals surface area contributed by atoms with Crippen LogP contribution in [0.2, 0.25) is 0 Å². The van der Waals surface area contributed by atoms with Crippen LogP contribution < -0.4 is 4.74 Å². The Morgan fingerprint density at radius 1 is 1.31 bits per heavy atom. The van der Waals surface area contributed by atoms with Crippen molar-refractivity contribution in [2.24, 2.45) is 0 Å². The first-order valence-electron chi connectivity index (χ1n) is 8.47. The van der Waals surface area contributed by atoms with Gasteiger partial charge in [-0.05, 0) is 43.0 Å². The standard InChI is InChI=1S/C21H19NO4/c1-2-7-15-9-5-10-17(20(15)19-12-6-13-24-26-19)21(23)25-18-11-4-3-8-16(18)14-22/h2-5,8-11,19H,1,6-7,12-13H2. The number of benzene rings is 2. The predicted octanol–water partition coefficient (Wildman–Crippen LogP) is 4.29. The van der Waals surface area contributed by atoms with Crippen LogP contribution in [0.15, 0.2) is 55.1 Å². The number of ether oxygens (including phenoxy) is 1. The molecule has 5 heteroatoms. The molecular weight excluding hydrogens is 330 g/mol. The van der Waals surface area contributed by atoms with Crippen LogP contribution in [0.1, 0.15) is 46.0 Å². The van der Waals surface area contributed by atoms with Crippen molar-refractivity contribution in [1.29, 1.82) is 5.26 Å². The van der Waals surface area contributed by atoms with E-state index < -0.39 is 5.97 Å². The molecule has 132 valence electrons. The molecule has 2 aromatic rings. The van der Waals surface area contributed by atoms with Crippen molar-refractivity contribution in [2.75, 3.05) is 6.61 Å². The van der Waals surface area contributed by atoms with E-state index in [4.69, 9.17) is 14.5 Å². The van der Waals surface area contributed by atoms with Gasteiger partial charge in [0.05, 0.1) is 17.7 Å². The molecule has 0 radical (unpaired) electrons. The Hall–Kier alpha value is -2.94. The molecule has 0 aliphatic carbocycles. The van der Waals surface area contributed by atoms with Gasteiger partial charge in [0.2, 0.25) is 0 Å². The fourth-order valence-corrected chi connectivity index (χ4v) is 3.01. The number of rotatable bonds is 5. The first kappa shape index (κ1) is 17.9. The van der Waals surface area contributed by atoms with Crippen molar-refractivity contribution in [3.05, 3.63) is 77.4 Å². The zero-order chi connectivity index (χ0) is 18.4. The van der Waals surface area contributed by atoms with Crippen LogP contribution in [0.5, 0.6) is 5.75 Å². The Labute approximate surface area is 152 Å². The highest BCUT2D eigenvalue weighted by atomic mass is 17.2. The molecule has 5 nitrogen and oxygen atoms in total. The van der Waals surface area contributed by atoms with Crippen molar-refractivity contribution in [1.82, 2.24) is 0 Å². The summed E-state index contributed by atoms with van der Waals surface area (Å²) < 4.78 is 5.50. The number of nitrogens with zero attached hydrogens (tertiary/aromatic N) is 1.